The molecule has 2 aromatic rings. The van der Waals surface area contributed by atoms with Gasteiger partial charge in [0.05, 0.1) is 7.11 Å². The molecule has 1 aromatic heterocycles. The standard InChI is InChI=1S/C13H14N2O/c1-3-5-11-6-7-12(13(10-11)16-2)15-9-4-8-14-15/h3-4,6-10H,1,5H2,2H3. The predicted octanol–water partition coefficient (Wildman–Crippen LogP) is 2.61. The number of ether oxygens (including phenoxy) is 1. The smallest absolute Gasteiger partial charge is 0.144 e. The molecule has 0 radical (unpaired) electrons. The van der Waals surface area contributed by atoms with E-state index in [2.05, 4.69) is 17.7 Å². The first-order chi connectivity index (χ1) is 7.85. The molecule has 0 spiro atoms. The van der Waals surface area contributed by atoms with Crippen molar-refractivity contribution in [1.82, 2.24) is 9.78 Å². The Morgan fingerprint density at radius 1 is 1.50 bits per heavy atom. The van der Waals surface area contributed by atoms with E-state index in [1.165, 1.54) is 5.56 Å². The van der Waals surface area contributed by atoms with Crippen molar-refractivity contribution in [3.8, 4) is 11.4 Å². The van der Waals surface area contributed by atoms with E-state index in [-0.39, 0.29) is 0 Å². The third kappa shape index (κ3) is 1.98. The summed E-state index contributed by atoms with van der Waals surface area (Å²) in [7, 11) is 1.67. The highest BCUT2D eigenvalue weighted by Gasteiger charge is 2.05. The van der Waals surface area contributed by atoms with Crippen molar-refractivity contribution in [2.45, 2.75) is 6.42 Å². The molecule has 0 amide bonds. The van der Waals surface area contributed by atoms with Crippen LogP contribution in [-0.2, 0) is 6.42 Å². The molecule has 0 atom stereocenters. The number of methoxy groups -OCH3 is 1. The van der Waals surface area contributed by atoms with Crippen molar-refractivity contribution >= 4 is 0 Å². The van der Waals surface area contributed by atoms with Crippen LogP contribution in [0, 0.1) is 0 Å². The molecule has 16 heavy (non-hydrogen) atoms. The van der Waals surface area contributed by atoms with E-state index in [0.29, 0.717) is 0 Å². The van der Waals surface area contributed by atoms with Gasteiger partial charge in [-0.25, -0.2) is 4.68 Å². The maximum absolute atomic E-state index is 5.36. The molecule has 0 fully saturated rings. The van der Waals surface area contributed by atoms with Gasteiger partial charge in [-0.05, 0) is 30.2 Å². The molecule has 0 saturated heterocycles. The minimum Gasteiger partial charge on any atom is -0.494 e. The zero-order valence-corrected chi connectivity index (χ0v) is 9.26. The van der Waals surface area contributed by atoms with Crippen LogP contribution >= 0.6 is 0 Å². The molecule has 3 heteroatoms. The van der Waals surface area contributed by atoms with Gasteiger partial charge in [0.2, 0.25) is 0 Å². The highest BCUT2D eigenvalue weighted by Crippen LogP contribution is 2.23. The molecule has 0 aliphatic heterocycles. The first-order valence-electron chi connectivity index (χ1n) is 5.13. The van der Waals surface area contributed by atoms with Crippen LogP contribution in [0.2, 0.25) is 0 Å². The van der Waals surface area contributed by atoms with Gasteiger partial charge in [-0.1, -0.05) is 12.1 Å². The number of nitrogens with zero attached hydrogens (tertiary/aromatic N) is 2. The van der Waals surface area contributed by atoms with Crippen LogP contribution in [0.1, 0.15) is 5.56 Å². The Morgan fingerprint density at radius 3 is 3.00 bits per heavy atom. The van der Waals surface area contributed by atoms with Crippen LogP contribution in [0.3, 0.4) is 0 Å². The SMILES string of the molecule is C=CCc1ccc(-n2cccn2)c(OC)c1. The van der Waals surface area contributed by atoms with Crippen molar-refractivity contribution in [1.29, 1.82) is 0 Å². The van der Waals surface area contributed by atoms with Crippen molar-refractivity contribution in [2.75, 3.05) is 7.11 Å². The summed E-state index contributed by atoms with van der Waals surface area (Å²) in [5.74, 6) is 0.822. The van der Waals surface area contributed by atoms with Crippen LogP contribution < -0.4 is 4.74 Å². The zero-order valence-electron chi connectivity index (χ0n) is 9.26. The van der Waals surface area contributed by atoms with Gasteiger partial charge in [0.15, 0.2) is 0 Å². The monoisotopic (exact) mass is 214 g/mol. The van der Waals surface area contributed by atoms with Gasteiger partial charge in [0.1, 0.15) is 11.4 Å². The van der Waals surface area contributed by atoms with Crippen LogP contribution in [-0.4, -0.2) is 16.9 Å². The van der Waals surface area contributed by atoms with E-state index >= 15 is 0 Å². The molecule has 1 aromatic carbocycles. The number of hydrogen-bond acceptors (Lipinski definition) is 2. The maximum Gasteiger partial charge on any atom is 0.144 e. The third-order valence-corrected chi connectivity index (χ3v) is 2.38. The average molecular weight is 214 g/mol. The summed E-state index contributed by atoms with van der Waals surface area (Å²) < 4.78 is 7.15. The fourth-order valence-electron chi connectivity index (χ4n) is 1.62. The highest BCUT2D eigenvalue weighted by atomic mass is 16.5. The molecular formula is C13H14N2O. The van der Waals surface area contributed by atoms with Crippen LogP contribution in [0.15, 0.2) is 49.3 Å². The second-order valence-electron chi connectivity index (χ2n) is 3.45. The quantitative estimate of drug-likeness (QED) is 0.731. The van der Waals surface area contributed by atoms with Crippen LogP contribution in [0.5, 0.6) is 5.75 Å². The Bertz CT molecular complexity index is 475. The Hall–Kier alpha value is -2.03. The van der Waals surface area contributed by atoms with Crippen LogP contribution in [0.4, 0.5) is 0 Å². The predicted molar refractivity (Wildman–Crippen MR) is 64.0 cm³/mol. The van der Waals surface area contributed by atoms with E-state index in [1.807, 2.05) is 30.5 Å². The molecule has 0 unspecified atom stereocenters. The highest BCUT2D eigenvalue weighted by molar-refractivity contribution is 5.48. The van der Waals surface area contributed by atoms with E-state index in [0.717, 1.165) is 17.9 Å². The molecule has 0 bridgehead atoms. The number of aromatic nitrogens is 2. The average Bonchev–Trinajstić information content (AvgIpc) is 2.83. The fraction of sp³-hybridized carbons (Fsp3) is 0.154. The van der Waals surface area contributed by atoms with Gasteiger partial charge >= 0.3 is 0 Å². The molecule has 3 nitrogen and oxygen atoms in total. The summed E-state index contributed by atoms with van der Waals surface area (Å²) in [6.45, 7) is 3.73. The molecule has 0 saturated carbocycles. The minimum absolute atomic E-state index is 0.822. The molecule has 0 aliphatic rings. The van der Waals surface area contributed by atoms with E-state index in [4.69, 9.17) is 4.74 Å². The van der Waals surface area contributed by atoms with Gasteiger partial charge in [-0.3, -0.25) is 0 Å². The Labute approximate surface area is 95.0 Å². The number of hydrogen-bond donors (Lipinski definition) is 0. The minimum atomic E-state index is 0.822. The lowest BCUT2D eigenvalue weighted by Gasteiger charge is -2.09. The van der Waals surface area contributed by atoms with Gasteiger partial charge < -0.3 is 4.74 Å². The summed E-state index contributed by atoms with van der Waals surface area (Å²) in [5, 5.41) is 4.19. The topological polar surface area (TPSA) is 27.1 Å². The lowest BCUT2D eigenvalue weighted by molar-refractivity contribution is 0.411. The molecule has 1 heterocycles. The summed E-state index contributed by atoms with van der Waals surface area (Å²) in [4.78, 5) is 0. The Morgan fingerprint density at radius 2 is 2.38 bits per heavy atom. The fourth-order valence-corrected chi connectivity index (χ4v) is 1.62. The van der Waals surface area contributed by atoms with Crippen molar-refractivity contribution in [3.63, 3.8) is 0 Å². The zero-order chi connectivity index (χ0) is 11.4. The van der Waals surface area contributed by atoms with Crippen molar-refractivity contribution < 1.29 is 4.74 Å². The molecule has 0 aliphatic carbocycles. The van der Waals surface area contributed by atoms with E-state index in [1.54, 1.807) is 18.0 Å². The van der Waals surface area contributed by atoms with E-state index in [9.17, 15) is 0 Å². The largest absolute Gasteiger partial charge is 0.494 e. The van der Waals surface area contributed by atoms with Crippen molar-refractivity contribution in [3.05, 3.63) is 54.9 Å². The molecule has 2 rings (SSSR count). The van der Waals surface area contributed by atoms with Gasteiger partial charge in [-0.2, -0.15) is 5.10 Å². The van der Waals surface area contributed by atoms with Gasteiger partial charge in [-0.15, -0.1) is 6.58 Å². The maximum atomic E-state index is 5.36. The first kappa shape index (κ1) is 10.5. The summed E-state index contributed by atoms with van der Waals surface area (Å²) in [6, 6.07) is 7.96. The number of allylic oxidation sites excluding steroid dienone is 1. The molecular weight excluding hydrogens is 200 g/mol. The number of rotatable bonds is 4. The first-order valence-corrected chi connectivity index (χ1v) is 5.13. The number of benzene rings is 1. The Balaban J connectivity index is 2.43. The second kappa shape index (κ2) is 4.66. The molecule has 82 valence electrons. The third-order valence-electron chi connectivity index (χ3n) is 2.38. The Kier molecular flexibility index (Phi) is 3.05. The summed E-state index contributed by atoms with van der Waals surface area (Å²) >= 11 is 0. The lowest BCUT2D eigenvalue weighted by Crippen LogP contribution is -1.99. The van der Waals surface area contributed by atoms with Crippen molar-refractivity contribution in [2.24, 2.45) is 0 Å². The summed E-state index contributed by atoms with van der Waals surface area (Å²) in [6.07, 6.45) is 6.36. The lowest BCUT2D eigenvalue weighted by atomic mass is 10.1. The normalized spacial score (nSPS) is 10.1. The van der Waals surface area contributed by atoms with E-state index < -0.39 is 0 Å². The summed E-state index contributed by atoms with van der Waals surface area (Å²) in [5.41, 5.74) is 2.13. The van der Waals surface area contributed by atoms with Gasteiger partial charge in [0, 0.05) is 12.4 Å². The second-order valence-corrected chi connectivity index (χ2v) is 3.45. The van der Waals surface area contributed by atoms with Crippen LogP contribution in [0.25, 0.3) is 5.69 Å². The van der Waals surface area contributed by atoms with Gasteiger partial charge in [0.25, 0.3) is 0 Å². The molecule has 0 N–H and O–H groups in total.